The molecule has 3 rings (SSSR count). The van der Waals surface area contributed by atoms with Gasteiger partial charge in [0, 0.05) is 18.6 Å². The normalized spacial score (nSPS) is 24.7. The molecule has 1 aliphatic carbocycles. The predicted molar refractivity (Wildman–Crippen MR) is 100 cm³/mol. The van der Waals surface area contributed by atoms with Crippen LogP contribution in [0.15, 0.2) is 6.20 Å². The van der Waals surface area contributed by atoms with Gasteiger partial charge in [-0.1, -0.05) is 30.9 Å². The Labute approximate surface area is 160 Å². The maximum atomic E-state index is 13.0. The summed E-state index contributed by atoms with van der Waals surface area (Å²) in [7, 11) is 1.32. The quantitative estimate of drug-likeness (QED) is 0.623. The van der Waals surface area contributed by atoms with Gasteiger partial charge in [-0.2, -0.15) is 0 Å². The van der Waals surface area contributed by atoms with Gasteiger partial charge in [0.1, 0.15) is 0 Å². The Balaban J connectivity index is 1.68. The second-order valence-electron chi connectivity index (χ2n) is 7.97. The number of carbonyl (C=O) groups is 2. The highest BCUT2D eigenvalue weighted by Crippen LogP contribution is 2.29. The van der Waals surface area contributed by atoms with Crippen LogP contribution in [-0.2, 0) is 9.53 Å². The first-order valence-corrected chi connectivity index (χ1v) is 10.1. The van der Waals surface area contributed by atoms with E-state index in [0.717, 1.165) is 12.8 Å². The average Bonchev–Trinajstić information content (AvgIpc) is 3.24. The molecule has 8 heteroatoms. The first kappa shape index (κ1) is 19.8. The van der Waals surface area contributed by atoms with E-state index in [4.69, 9.17) is 4.74 Å². The zero-order chi connectivity index (χ0) is 19.4. The number of nitrogens with one attached hydrogen (secondary N) is 1. The lowest BCUT2D eigenvalue weighted by atomic mass is 10.1. The molecule has 1 N–H and O–H groups in total. The number of likely N-dealkylation sites (tertiary alicyclic amines) is 1. The van der Waals surface area contributed by atoms with Crippen LogP contribution in [0.2, 0.25) is 0 Å². The predicted octanol–water partition coefficient (Wildman–Crippen LogP) is 1.93. The van der Waals surface area contributed by atoms with Gasteiger partial charge < -0.3 is 10.1 Å². The Bertz CT molecular complexity index is 652. The second-order valence-corrected chi connectivity index (χ2v) is 7.97. The number of hydrogen-bond acceptors (Lipinski definition) is 6. The summed E-state index contributed by atoms with van der Waals surface area (Å²) in [6.45, 7) is 4.93. The summed E-state index contributed by atoms with van der Waals surface area (Å²) >= 11 is 0. The molecule has 1 saturated carbocycles. The largest absolute Gasteiger partial charge is 0.464 e. The number of methoxy groups -OCH3 is 1. The van der Waals surface area contributed by atoms with Crippen molar-refractivity contribution in [1.82, 2.24) is 25.2 Å². The van der Waals surface area contributed by atoms with E-state index in [1.165, 1.54) is 32.8 Å². The fraction of sp³-hybridized carbons (Fsp3) is 0.789. The maximum absolute atomic E-state index is 13.0. The van der Waals surface area contributed by atoms with Crippen molar-refractivity contribution in [3.8, 4) is 0 Å². The minimum atomic E-state index is -0.498. The molecule has 0 aromatic carbocycles. The summed E-state index contributed by atoms with van der Waals surface area (Å²) in [6.07, 6.45) is 9.37. The van der Waals surface area contributed by atoms with E-state index in [2.05, 4.69) is 34.4 Å². The van der Waals surface area contributed by atoms with Gasteiger partial charge in [-0.3, -0.25) is 9.69 Å². The Morgan fingerprint density at radius 2 is 1.93 bits per heavy atom. The minimum Gasteiger partial charge on any atom is -0.464 e. The molecule has 0 radical (unpaired) electrons. The summed E-state index contributed by atoms with van der Waals surface area (Å²) in [5.74, 6) is -0.381. The van der Waals surface area contributed by atoms with Gasteiger partial charge >= 0.3 is 5.97 Å². The highest BCUT2D eigenvalue weighted by Gasteiger charge is 2.40. The Morgan fingerprint density at radius 3 is 2.56 bits per heavy atom. The first-order chi connectivity index (χ1) is 13.0. The molecule has 0 spiro atoms. The van der Waals surface area contributed by atoms with Crippen LogP contribution in [0.25, 0.3) is 0 Å². The van der Waals surface area contributed by atoms with Crippen molar-refractivity contribution in [3.63, 3.8) is 0 Å². The van der Waals surface area contributed by atoms with Crippen molar-refractivity contribution in [3.05, 3.63) is 11.9 Å². The van der Waals surface area contributed by atoms with Gasteiger partial charge in [-0.25, -0.2) is 9.48 Å². The lowest BCUT2D eigenvalue weighted by Gasteiger charge is -2.28. The van der Waals surface area contributed by atoms with Gasteiger partial charge in [0.2, 0.25) is 5.91 Å². The topological polar surface area (TPSA) is 89.4 Å². The van der Waals surface area contributed by atoms with E-state index in [1.54, 1.807) is 10.9 Å². The van der Waals surface area contributed by atoms with Crippen LogP contribution in [0.5, 0.6) is 0 Å². The van der Waals surface area contributed by atoms with Crippen molar-refractivity contribution < 1.29 is 14.3 Å². The van der Waals surface area contributed by atoms with Crippen LogP contribution < -0.4 is 5.32 Å². The molecule has 1 aliphatic heterocycles. The number of carbonyl (C=O) groups excluding carboxylic acids is 2. The summed E-state index contributed by atoms with van der Waals surface area (Å²) in [4.78, 5) is 26.8. The summed E-state index contributed by atoms with van der Waals surface area (Å²) in [5.41, 5.74) is 0.194. The Hall–Kier alpha value is -1.96. The SMILES string of the molecule is COC(=O)c1cn([C@@H]2C[C@@H](C(=O)NC3CCCCCC3)N(C(C)C)C2)nn1. The first-order valence-electron chi connectivity index (χ1n) is 10.1. The molecule has 2 fully saturated rings. The third-order valence-electron chi connectivity index (χ3n) is 5.76. The number of aromatic nitrogens is 3. The zero-order valence-electron chi connectivity index (χ0n) is 16.6. The van der Waals surface area contributed by atoms with Crippen LogP contribution in [-0.4, -0.2) is 63.6 Å². The molecule has 1 amide bonds. The zero-order valence-corrected chi connectivity index (χ0v) is 16.6. The number of hydrogen-bond donors (Lipinski definition) is 1. The van der Waals surface area contributed by atoms with Crippen molar-refractivity contribution in [2.24, 2.45) is 0 Å². The molecule has 27 heavy (non-hydrogen) atoms. The molecular formula is C19H31N5O3. The molecule has 1 aromatic rings. The highest BCUT2D eigenvalue weighted by molar-refractivity contribution is 5.86. The van der Waals surface area contributed by atoms with Crippen LogP contribution in [0.4, 0.5) is 0 Å². The Morgan fingerprint density at radius 1 is 1.22 bits per heavy atom. The number of nitrogens with zero attached hydrogens (tertiary/aromatic N) is 4. The number of ether oxygens (including phenoxy) is 1. The smallest absolute Gasteiger partial charge is 0.360 e. The molecule has 0 bridgehead atoms. The molecular weight excluding hydrogens is 346 g/mol. The maximum Gasteiger partial charge on any atom is 0.360 e. The lowest BCUT2D eigenvalue weighted by molar-refractivity contribution is -0.126. The van der Waals surface area contributed by atoms with Gasteiger partial charge in [-0.15, -0.1) is 5.10 Å². The van der Waals surface area contributed by atoms with Gasteiger partial charge in [0.05, 0.1) is 25.4 Å². The Kier molecular flexibility index (Phi) is 6.46. The van der Waals surface area contributed by atoms with Crippen molar-refractivity contribution in [2.45, 2.75) is 83.0 Å². The van der Waals surface area contributed by atoms with E-state index >= 15 is 0 Å². The number of amides is 1. The number of rotatable bonds is 5. The van der Waals surface area contributed by atoms with E-state index in [0.29, 0.717) is 19.0 Å². The van der Waals surface area contributed by atoms with E-state index < -0.39 is 5.97 Å². The molecule has 1 aromatic heterocycles. The third-order valence-corrected chi connectivity index (χ3v) is 5.76. The van der Waals surface area contributed by atoms with E-state index in [-0.39, 0.29) is 29.7 Å². The highest BCUT2D eigenvalue weighted by atomic mass is 16.5. The molecule has 2 aliphatic rings. The minimum absolute atomic E-state index is 0.0168. The lowest BCUT2D eigenvalue weighted by Crippen LogP contribution is -2.48. The molecule has 8 nitrogen and oxygen atoms in total. The molecule has 150 valence electrons. The van der Waals surface area contributed by atoms with Crippen LogP contribution in [0.3, 0.4) is 0 Å². The van der Waals surface area contributed by atoms with Crippen molar-refractivity contribution in [1.29, 1.82) is 0 Å². The number of esters is 1. The van der Waals surface area contributed by atoms with Crippen LogP contribution >= 0.6 is 0 Å². The summed E-state index contributed by atoms with van der Waals surface area (Å²) in [6, 6.07) is 0.390. The van der Waals surface area contributed by atoms with E-state index in [1.807, 2.05) is 0 Å². The van der Waals surface area contributed by atoms with Crippen molar-refractivity contribution >= 4 is 11.9 Å². The van der Waals surface area contributed by atoms with Gasteiger partial charge in [0.15, 0.2) is 5.69 Å². The third kappa shape index (κ3) is 4.66. The van der Waals surface area contributed by atoms with Crippen LogP contribution in [0, 0.1) is 0 Å². The average molecular weight is 377 g/mol. The second kappa shape index (κ2) is 8.82. The van der Waals surface area contributed by atoms with Crippen molar-refractivity contribution in [2.75, 3.05) is 13.7 Å². The standard InChI is InChI=1S/C19H31N5O3/c1-13(2)23-11-15(24-12-16(21-22-24)19(26)27-3)10-17(23)18(25)20-14-8-6-4-5-7-9-14/h12-15,17H,4-11H2,1-3H3,(H,20,25)/t15-,17+/m1/s1. The molecule has 2 atom stereocenters. The summed E-state index contributed by atoms with van der Waals surface area (Å²) in [5, 5.41) is 11.3. The van der Waals surface area contributed by atoms with E-state index in [9.17, 15) is 9.59 Å². The van der Waals surface area contributed by atoms with Gasteiger partial charge in [-0.05, 0) is 33.1 Å². The molecule has 0 unspecified atom stereocenters. The molecule has 1 saturated heterocycles. The van der Waals surface area contributed by atoms with Gasteiger partial charge in [0.25, 0.3) is 0 Å². The summed E-state index contributed by atoms with van der Waals surface area (Å²) < 4.78 is 6.39. The molecule has 2 heterocycles. The fourth-order valence-corrected chi connectivity index (χ4v) is 4.23. The monoisotopic (exact) mass is 377 g/mol. The fourth-order valence-electron chi connectivity index (χ4n) is 4.23. The van der Waals surface area contributed by atoms with Crippen LogP contribution in [0.1, 0.15) is 75.3 Å².